The number of carbonyl (C=O) groups is 1. The number of alkyl halides is 4. The molecule has 0 N–H and O–H groups in total. The van der Waals surface area contributed by atoms with Crippen LogP contribution in [0.25, 0.3) is 0 Å². The topological polar surface area (TPSA) is 26.3 Å². The van der Waals surface area contributed by atoms with Gasteiger partial charge in [0.05, 0.1) is 5.88 Å². The zero-order chi connectivity index (χ0) is 15.6. The van der Waals surface area contributed by atoms with Crippen molar-refractivity contribution in [2.24, 2.45) is 0 Å². The van der Waals surface area contributed by atoms with Crippen LogP contribution < -0.4 is 0 Å². The fraction of sp³-hybridized carbons (Fsp3) is 0.417. The maximum atomic E-state index is 11.4. The highest BCUT2D eigenvalue weighted by atomic mass is 35.6. The lowest BCUT2D eigenvalue weighted by molar-refractivity contribution is -0.156. The molecule has 0 radical (unpaired) electrons. The molecule has 8 heteroatoms. The van der Waals surface area contributed by atoms with Gasteiger partial charge in [-0.05, 0) is 23.8 Å². The van der Waals surface area contributed by atoms with Crippen LogP contribution in [0.3, 0.4) is 0 Å². The van der Waals surface area contributed by atoms with Crippen LogP contribution in [-0.4, -0.2) is 15.6 Å². The third kappa shape index (κ3) is 5.32. The third-order valence-corrected chi connectivity index (χ3v) is 3.70. The first-order chi connectivity index (χ1) is 9.08. The van der Waals surface area contributed by atoms with E-state index in [0.717, 1.165) is 0 Å². The summed E-state index contributed by atoms with van der Waals surface area (Å²) in [6.07, 6.45) is -0.135. The van der Waals surface area contributed by atoms with Crippen molar-refractivity contribution in [1.82, 2.24) is 0 Å². The molecule has 2 nitrogen and oxygen atoms in total. The van der Waals surface area contributed by atoms with Gasteiger partial charge in [0.2, 0.25) is 0 Å². The Morgan fingerprint density at radius 1 is 1.15 bits per heavy atom. The fourth-order valence-corrected chi connectivity index (χ4v) is 3.24. The number of hydrogen-bond acceptors (Lipinski definition) is 2. The molecule has 0 saturated heterocycles. The molecule has 0 bridgehead atoms. The fourth-order valence-electron chi connectivity index (χ4n) is 1.76. The molecule has 1 rings (SSSR count). The van der Waals surface area contributed by atoms with Gasteiger partial charge in [-0.3, -0.25) is 4.79 Å². The Morgan fingerprint density at radius 2 is 1.65 bits per heavy atom. The Morgan fingerprint density at radius 3 is 2.00 bits per heavy atom. The zero-order valence-electron chi connectivity index (χ0n) is 10.2. The van der Waals surface area contributed by atoms with Gasteiger partial charge >= 0.3 is 5.97 Å². The maximum absolute atomic E-state index is 11.4. The van der Waals surface area contributed by atoms with Crippen LogP contribution in [0.15, 0.2) is 18.2 Å². The number of halogens is 6. The predicted molar refractivity (Wildman–Crippen MR) is 85.5 cm³/mol. The summed E-state index contributed by atoms with van der Waals surface area (Å²) >= 11 is 35.4. The second-order valence-corrected chi connectivity index (χ2v) is 7.83. The third-order valence-electron chi connectivity index (χ3n) is 2.43. The lowest BCUT2D eigenvalue weighted by Gasteiger charge is -2.34. The van der Waals surface area contributed by atoms with E-state index in [2.05, 4.69) is 0 Å². The molecule has 0 saturated carbocycles. The molecule has 20 heavy (non-hydrogen) atoms. The summed E-state index contributed by atoms with van der Waals surface area (Å²) in [5.74, 6) is -0.673. The van der Waals surface area contributed by atoms with E-state index < -0.39 is 15.4 Å². The van der Waals surface area contributed by atoms with Gasteiger partial charge in [0.25, 0.3) is 0 Å². The Hall–Kier alpha value is 0.430. The summed E-state index contributed by atoms with van der Waals surface area (Å²) in [5.41, 5.74) is -0.862. The maximum Gasteiger partial charge on any atom is 0.303 e. The van der Waals surface area contributed by atoms with Crippen LogP contribution in [0.2, 0.25) is 10.0 Å². The van der Waals surface area contributed by atoms with Gasteiger partial charge in [-0.25, -0.2) is 0 Å². The minimum absolute atomic E-state index is 0.114. The molecule has 0 spiro atoms. The van der Waals surface area contributed by atoms with Crippen molar-refractivity contribution in [3.63, 3.8) is 0 Å². The van der Waals surface area contributed by atoms with Crippen molar-refractivity contribution < 1.29 is 9.53 Å². The van der Waals surface area contributed by atoms with Gasteiger partial charge in [0.15, 0.2) is 9.39 Å². The van der Waals surface area contributed by atoms with Gasteiger partial charge < -0.3 is 4.74 Å². The number of carbonyl (C=O) groups excluding carboxylic acids is 1. The molecule has 0 amide bonds. The van der Waals surface area contributed by atoms with Crippen molar-refractivity contribution >= 4 is 75.6 Å². The van der Waals surface area contributed by atoms with Gasteiger partial charge in [-0.2, -0.15) is 0 Å². The van der Waals surface area contributed by atoms with E-state index in [1.54, 1.807) is 12.1 Å². The minimum Gasteiger partial charge on any atom is -0.453 e. The lowest BCUT2D eigenvalue weighted by Crippen LogP contribution is -2.37. The highest BCUT2D eigenvalue weighted by Gasteiger charge is 2.42. The lowest BCUT2D eigenvalue weighted by atomic mass is 9.92. The van der Waals surface area contributed by atoms with Crippen molar-refractivity contribution in [1.29, 1.82) is 0 Å². The largest absolute Gasteiger partial charge is 0.453 e. The van der Waals surface area contributed by atoms with E-state index in [1.807, 2.05) is 0 Å². The molecule has 0 fully saturated rings. The Balaban J connectivity index is 3.37. The predicted octanol–water partition coefficient (Wildman–Crippen LogP) is 5.75. The quantitative estimate of drug-likeness (QED) is 0.476. The van der Waals surface area contributed by atoms with Crippen LogP contribution in [0.5, 0.6) is 0 Å². The first kappa shape index (κ1) is 18.5. The van der Waals surface area contributed by atoms with Gasteiger partial charge in [-0.1, -0.05) is 58.0 Å². The molecule has 0 aliphatic rings. The summed E-state index contributed by atoms with van der Waals surface area (Å²) in [4.78, 5) is 11.4. The molecule has 0 aromatic heterocycles. The van der Waals surface area contributed by atoms with Crippen LogP contribution in [-0.2, 0) is 15.1 Å². The average Bonchev–Trinajstić information content (AvgIpc) is 2.23. The summed E-state index contributed by atoms with van der Waals surface area (Å²) in [5, 5.41) is 0.719. The van der Waals surface area contributed by atoms with Crippen molar-refractivity contribution in [3.05, 3.63) is 33.8 Å². The number of rotatable bonds is 4. The Labute approximate surface area is 147 Å². The normalized spacial score (nSPS) is 14.8. The van der Waals surface area contributed by atoms with Crippen molar-refractivity contribution in [3.8, 4) is 0 Å². The van der Waals surface area contributed by atoms with E-state index in [0.29, 0.717) is 15.6 Å². The van der Waals surface area contributed by atoms with Gasteiger partial charge in [-0.15, -0.1) is 11.6 Å². The van der Waals surface area contributed by atoms with Crippen LogP contribution in [0.1, 0.15) is 18.9 Å². The monoisotopic (exact) mass is 396 g/mol. The van der Waals surface area contributed by atoms with Crippen LogP contribution in [0, 0.1) is 0 Å². The summed E-state index contributed by atoms with van der Waals surface area (Å²) in [6, 6.07) is 4.67. The highest BCUT2D eigenvalue weighted by Crippen LogP contribution is 2.44. The molecule has 112 valence electrons. The molecule has 1 aromatic carbocycles. The molecule has 1 aromatic rings. The number of hydrogen-bond donors (Lipinski definition) is 0. The van der Waals surface area contributed by atoms with E-state index in [9.17, 15) is 4.79 Å². The van der Waals surface area contributed by atoms with E-state index in [-0.39, 0.29) is 12.3 Å². The number of esters is 1. The molecular weight excluding hydrogens is 389 g/mol. The summed E-state index contributed by atoms with van der Waals surface area (Å²) in [7, 11) is 0. The van der Waals surface area contributed by atoms with Gasteiger partial charge in [0, 0.05) is 23.4 Å². The molecule has 0 heterocycles. The highest BCUT2D eigenvalue weighted by molar-refractivity contribution is 6.67. The molecule has 0 aliphatic carbocycles. The first-order valence-electron chi connectivity index (χ1n) is 5.37. The molecule has 1 unspecified atom stereocenters. The summed E-state index contributed by atoms with van der Waals surface area (Å²) in [6.45, 7) is 1.24. The first-order valence-corrected chi connectivity index (χ1v) is 7.79. The average molecular weight is 399 g/mol. The second-order valence-electron chi connectivity index (χ2n) is 4.17. The van der Waals surface area contributed by atoms with E-state index >= 15 is 0 Å². The van der Waals surface area contributed by atoms with Crippen molar-refractivity contribution in [2.45, 2.75) is 22.7 Å². The van der Waals surface area contributed by atoms with Crippen LogP contribution >= 0.6 is 69.6 Å². The SMILES string of the molecule is CC(=O)OC(CCl)(CC(Cl)(Cl)Cl)c1cc(Cl)cc(Cl)c1. The Bertz CT molecular complexity index is 479. The van der Waals surface area contributed by atoms with Crippen LogP contribution in [0.4, 0.5) is 0 Å². The van der Waals surface area contributed by atoms with Gasteiger partial charge in [0.1, 0.15) is 0 Å². The number of benzene rings is 1. The second kappa shape index (κ2) is 7.13. The summed E-state index contributed by atoms with van der Waals surface area (Å²) < 4.78 is 3.65. The standard InChI is InChI=1S/C12H10Cl6O2/c1-7(19)20-11(6-13,5-12(16,17)18)8-2-9(14)4-10(15)3-8/h2-4H,5-6H2,1H3. The molecule has 1 atom stereocenters. The molecule has 0 aliphatic heterocycles. The smallest absolute Gasteiger partial charge is 0.303 e. The minimum atomic E-state index is -1.67. The molecular formula is C12H10Cl6O2. The Kier molecular flexibility index (Phi) is 6.59. The zero-order valence-corrected chi connectivity index (χ0v) is 14.8. The number of ether oxygens (including phenoxy) is 1. The van der Waals surface area contributed by atoms with E-state index in [4.69, 9.17) is 74.3 Å². The van der Waals surface area contributed by atoms with E-state index in [1.165, 1.54) is 13.0 Å². The van der Waals surface area contributed by atoms with Crippen molar-refractivity contribution in [2.75, 3.05) is 5.88 Å².